The highest BCUT2D eigenvalue weighted by molar-refractivity contribution is 5.62. The van der Waals surface area contributed by atoms with E-state index >= 15 is 0 Å². The van der Waals surface area contributed by atoms with Crippen LogP contribution in [0.2, 0.25) is 0 Å². The van der Waals surface area contributed by atoms with Gasteiger partial charge in [0.05, 0.1) is 0 Å². The Morgan fingerprint density at radius 3 is 2.22 bits per heavy atom. The van der Waals surface area contributed by atoms with E-state index in [4.69, 9.17) is 0 Å². The summed E-state index contributed by atoms with van der Waals surface area (Å²) in [7, 11) is 0. The van der Waals surface area contributed by atoms with Gasteiger partial charge in [-0.3, -0.25) is 0 Å². The summed E-state index contributed by atoms with van der Waals surface area (Å²) in [5, 5.41) is 0. The Bertz CT molecular complexity index is 382. The predicted octanol–water partition coefficient (Wildman–Crippen LogP) is 5.99. The molecule has 0 heterocycles. The quantitative estimate of drug-likeness (QED) is 0.600. The van der Waals surface area contributed by atoms with Crippen molar-refractivity contribution in [1.29, 1.82) is 0 Å². The Hall–Kier alpha value is -1.11. The fraction of sp³-hybridized carbons (Fsp3) is 0.529. The van der Waals surface area contributed by atoms with E-state index in [9.17, 15) is 4.39 Å². The minimum absolute atomic E-state index is 0.0148. The van der Waals surface area contributed by atoms with E-state index in [-0.39, 0.29) is 11.2 Å². The molecule has 0 saturated carbocycles. The number of hydrogen-bond acceptors (Lipinski definition) is 0. The SMILES string of the molecule is CCCC/C(CC(C)(C)C)=C(/F)c1ccccc1. The first-order chi connectivity index (χ1) is 8.44. The lowest BCUT2D eigenvalue weighted by Crippen LogP contribution is -2.07. The molecule has 0 spiro atoms. The van der Waals surface area contributed by atoms with Crippen molar-refractivity contribution in [1.82, 2.24) is 0 Å². The van der Waals surface area contributed by atoms with Gasteiger partial charge in [0.2, 0.25) is 0 Å². The molecule has 0 aromatic heterocycles. The molecule has 0 N–H and O–H groups in total. The zero-order valence-electron chi connectivity index (χ0n) is 12.1. The van der Waals surface area contributed by atoms with E-state index in [2.05, 4.69) is 27.7 Å². The third kappa shape index (κ3) is 5.03. The summed E-state index contributed by atoms with van der Waals surface area (Å²) < 4.78 is 14.5. The van der Waals surface area contributed by atoms with Crippen LogP contribution in [-0.2, 0) is 0 Å². The van der Waals surface area contributed by atoms with Crippen LogP contribution in [0.25, 0.3) is 5.83 Å². The molecular weight excluding hydrogens is 223 g/mol. The van der Waals surface area contributed by atoms with Gasteiger partial charge in [-0.1, -0.05) is 64.4 Å². The van der Waals surface area contributed by atoms with Gasteiger partial charge in [-0.25, -0.2) is 4.39 Å². The molecule has 0 saturated heterocycles. The summed E-state index contributed by atoms with van der Waals surface area (Å²) in [5.41, 5.74) is 1.82. The van der Waals surface area contributed by atoms with Crippen molar-refractivity contribution >= 4 is 5.83 Å². The Labute approximate surface area is 111 Å². The predicted molar refractivity (Wildman–Crippen MR) is 78.1 cm³/mol. The number of allylic oxidation sites excluding steroid dienone is 1. The van der Waals surface area contributed by atoms with E-state index in [1.54, 1.807) is 0 Å². The molecular formula is C17H25F. The van der Waals surface area contributed by atoms with Crippen molar-refractivity contribution in [3.05, 3.63) is 41.5 Å². The molecule has 0 radical (unpaired) electrons. The number of rotatable bonds is 5. The first-order valence-corrected chi connectivity index (χ1v) is 6.87. The average Bonchev–Trinajstić information content (AvgIpc) is 2.33. The van der Waals surface area contributed by atoms with Gasteiger partial charge in [-0.2, -0.15) is 0 Å². The number of unbranched alkanes of at least 4 members (excludes halogenated alkanes) is 1. The average molecular weight is 248 g/mol. The molecule has 0 aliphatic rings. The Kier molecular flexibility index (Phi) is 5.58. The maximum absolute atomic E-state index is 14.5. The third-order valence-corrected chi connectivity index (χ3v) is 2.91. The Morgan fingerprint density at radius 1 is 1.11 bits per heavy atom. The zero-order valence-corrected chi connectivity index (χ0v) is 12.1. The first kappa shape index (κ1) is 14.9. The first-order valence-electron chi connectivity index (χ1n) is 6.87. The van der Waals surface area contributed by atoms with Crippen LogP contribution in [0.3, 0.4) is 0 Å². The summed E-state index contributed by atoms with van der Waals surface area (Å²) in [5.74, 6) is -0.0148. The van der Waals surface area contributed by atoms with E-state index in [0.717, 1.165) is 31.3 Å². The summed E-state index contributed by atoms with van der Waals surface area (Å²) >= 11 is 0. The number of hydrogen-bond donors (Lipinski definition) is 0. The molecule has 1 rings (SSSR count). The lowest BCUT2D eigenvalue weighted by Gasteiger charge is -2.21. The molecule has 0 atom stereocenters. The van der Waals surface area contributed by atoms with Gasteiger partial charge < -0.3 is 0 Å². The lowest BCUT2D eigenvalue weighted by molar-refractivity contribution is 0.401. The van der Waals surface area contributed by atoms with Gasteiger partial charge >= 0.3 is 0 Å². The van der Waals surface area contributed by atoms with Crippen LogP contribution in [0.1, 0.15) is 58.9 Å². The second-order valence-corrected chi connectivity index (χ2v) is 6.12. The summed E-state index contributed by atoms with van der Waals surface area (Å²) in [6.45, 7) is 8.64. The van der Waals surface area contributed by atoms with Crippen molar-refractivity contribution in [3.8, 4) is 0 Å². The van der Waals surface area contributed by atoms with Crippen molar-refractivity contribution in [3.63, 3.8) is 0 Å². The molecule has 0 unspecified atom stereocenters. The smallest absolute Gasteiger partial charge is 0.129 e. The van der Waals surface area contributed by atoms with Gasteiger partial charge in [0.15, 0.2) is 0 Å². The topological polar surface area (TPSA) is 0 Å². The highest BCUT2D eigenvalue weighted by Gasteiger charge is 2.17. The maximum Gasteiger partial charge on any atom is 0.129 e. The Morgan fingerprint density at radius 2 is 1.72 bits per heavy atom. The van der Waals surface area contributed by atoms with Gasteiger partial charge in [0.1, 0.15) is 5.83 Å². The normalized spacial score (nSPS) is 13.4. The van der Waals surface area contributed by atoms with Gasteiger partial charge in [0, 0.05) is 5.56 Å². The highest BCUT2D eigenvalue weighted by atomic mass is 19.1. The standard InChI is InChI=1S/C17H25F/c1-5-6-10-15(13-17(2,3)4)16(18)14-11-8-7-9-12-14/h7-9,11-12H,5-6,10,13H2,1-4H3/b16-15-. The molecule has 18 heavy (non-hydrogen) atoms. The molecule has 0 aliphatic carbocycles. The summed E-state index contributed by atoms with van der Waals surface area (Å²) in [4.78, 5) is 0. The summed E-state index contributed by atoms with van der Waals surface area (Å²) in [6.07, 6.45) is 3.86. The molecule has 0 nitrogen and oxygen atoms in total. The highest BCUT2D eigenvalue weighted by Crippen LogP contribution is 2.33. The summed E-state index contributed by atoms with van der Waals surface area (Å²) in [6, 6.07) is 9.41. The fourth-order valence-electron chi connectivity index (χ4n) is 2.09. The molecule has 1 aromatic rings. The van der Waals surface area contributed by atoms with E-state index in [1.165, 1.54) is 0 Å². The minimum atomic E-state index is -0.0148. The van der Waals surface area contributed by atoms with E-state index in [1.807, 2.05) is 30.3 Å². The van der Waals surface area contributed by atoms with Crippen molar-refractivity contribution in [2.75, 3.05) is 0 Å². The molecule has 0 aliphatic heterocycles. The van der Waals surface area contributed by atoms with Gasteiger partial charge in [-0.15, -0.1) is 0 Å². The lowest BCUT2D eigenvalue weighted by atomic mass is 9.85. The van der Waals surface area contributed by atoms with Crippen LogP contribution in [0, 0.1) is 5.41 Å². The molecule has 0 bridgehead atoms. The van der Waals surface area contributed by atoms with Crippen molar-refractivity contribution in [2.45, 2.75) is 53.4 Å². The second kappa shape index (κ2) is 6.72. The third-order valence-electron chi connectivity index (χ3n) is 2.91. The second-order valence-electron chi connectivity index (χ2n) is 6.12. The zero-order chi connectivity index (χ0) is 13.6. The van der Waals surface area contributed by atoms with Crippen LogP contribution < -0.4 is 0 Å². The monoisotopic (exact) mass is 248 g/mol. The van der Waals surface area contributed by atoms with Gasteiger partial charge in [-0.05, 0) is 30.3 Å². The van der Waals surface area contributed by atoms with Crippen molar-refractivity contribution in [2.24, 2.45) is 5.41 Å². The molecule has 0 amide bonds. The van der Waals surface area contributed by atoms with E-state index in [0.29, 0.717) is 5.56 Å². The molecule has 1 aromatic carbocycles. The molecule has 100 valence electrons. The van der Waals surface area contributed by atoms with Crippen LogP contribution in [-0.4, -0.2) is 0 Å². The largest absolute Gasteiger partial charge is 0.206 e. The Balaban J connectivity index is 2.99. The van der Waals surface area contributed by atoms with Crippen molar-refractivity contribution < 1.29 is 4.39 Å². The van der Waals surface area contributed by atoms with Crippen LogP contribution in [0.15, 0.2) is 35.9 Å². The maximum atomic E-state index is 14.5. The molecule has 1 heteroatoms. The number of halogens is 1. The van der Waals surface area contributed by atoms with E-state index < -0.39 is 0 Å². The van der Waals surface area contributed by atoms with Gasteiger partial charge in [0.25, 0.3) is 0 Å². The molecule has 0 fully saturated rings. The van der Waals surface area contributed by atoms with Crippen LogP contribution >= 0.6 is 0 Å². The number of benzene rings is 1. The minimum Gasteiger partial charge on any atom is -0.206 e. The van der Waals surface area contributed by atoms with Crippen LogP contribution in [0.4, 0.5) is 4.39 Å². The van der Waals surface area contributed by atoms with Crippen LogP contribution in [0.5, 0.6) is 0 Å². The fourth-order valence-corrected chi connectivity index (χ4v) is 2.09.